The molecule has 7 heteroatoms. The van der Waals surface area contributed by atoms with E-state index in [0.29, 0.717) is 11.8 Å². The van der Waals surface area contributed by atoms with Crippen molar-refractivity contribution < 1.29 is 14.5 Å². The van der Waals surface area contributed by atoms with Crippen molar-refractivity contribution in [2.75, 3.05) is 4.90 Å². The van der Waals surface area contributed by atoms with Crippen LogP contribution in [0.15, 0.2) is 30.4 Å². The van der Waals surface area contributed by atoms with Crippen LogP contribution in [-0.4, -0.2) is 16.7 Å². The molecule has 0 spiro atoms. The standard InChI is InChI=1S/C17H13ClN2O4/c18-7-1-4-12(13(5-7)20(23)24)19-16(21)14-8-2-3-9(11-6-10(8)11)15(14)17(19)22/h1-5,8-11,14-15H,6H2/t8-,9-,10-,11+,14+,15+/m0/s1. The molecule has 4 aliphatic carbocycles. The van der Waals surface area contributed by atoms with Crippen LogP contribution < -0.4 is 4.90 Å². The van der Waals surface area contributed by atoms with Gasteiger partial charge in [-0.25, -0.2) is 4.90 Å². The van der Waals surface area contributed by atoms with E-state index in [4.69, 9.17) is 11.6 Å². The van der Waals surface area contributed by atoms with Crippen LogP contribution in [-0.2, 0) is 9.59 Å². The summed E-state index contributed by atoms with van der Waals surface area (Å²) in [6.07, 6.45) is 5.23. The lowest BCUT2D eigenvalue weighted by Crippen LogP contribution is -2.40. The Morgan fingerprint density at radius 3 is 2.21 bits per heavy atom. The maximum absolute atomic E-state index is 13.0. The van der Waals surface area contributed by atoms with E-state index in [1.165, 1.54) is 18.2 Å². The van der Waals surface area contributed by atoms with Crippen molar-refractivity contribution in [2.45, 2.75) is 6.42 Å². The van der Waals surface area contributed by atoms with E-state index in [0.717, 1.165) is 11.3 Å². The number of rotatable bonds is 2. The number of nitro groups is 1. The van der Waals surface area contributed by atoms with Crippen molar-refractivity contribution >= 4 is 34.8 Å². The summed E-state index contributed by atoms with van der Waals surface area (Å²) >= 11 is 5.84. The summed E-state index contributed by atoms with van der Waals surface area (Å²) in [5, 5.41) is 11.5. The highest BCUT2D eigenvalue weighted by Crippen LogP contribution is 2.65. The van der Waals surface area contributed by atoms with Crippen molar-refractivity contribution in [3.63, 3.8) is 0 Å². The van der Waals surface area contributed by atoms with E-state index in [1.54, 1.807) is 0 Å². The molecule has 6 rings (SSSR count). The molecule has 0 unspecified atom stereocenters. The summed E-state index contributed by atoms with van der Waals surface area (Å²) < 4.78 is 0. The van der Waals surface area contributed by atoms with Crippen LogP contribution in [0.1, 0.15) is 6.42 Å². The Morgan fingerprint density at radius 1 is 1.08 bits per heavy atom. The van der Waals surface area contributed by atoms with E-state index in [2.05, 4.69) is 12.2 Å². The molecular weight excluding hydrogens is 332 g/mol. The second-order valence-corrected chi connectivity index (χ2v) is 7.49. The number of amides is 2. The maximum Gasteiger partial charge on any atom is 0.294 e. The average molecular weight is 345 g/mol. The Kier molecular flexibility index (Phi) is 2.62. The molecule has 6 nitrogen and oxygen atoms in total. The van der Waals surface area contributed by atoms with Crippen LogP contribution >= 0.6 is 11.6 Å². The maximum atomic E-state index is 13.0. The number of carbonyl (C=O) groups is 2. The Morgan fingerprint density at radius 2 is 1.67 bits per heavy atom. The van der Waals surface area contributed by atoms with E-state index in [1.807, 2.05) is 0 Å². The molecule has 1 aromatic carbocycles. The summed E-state index contributed by atoms with van der Waals surface area (Å²) in [6, 6.07) is 4.05. The summed E-state index contributed by atoms with van der Waals surface area (Å²) in [5.74, 6) is -0.162. The average Bonchev–Trinajstić information content (AvgIpc) is 3.33. The minimum absolute atomic E-state index is 0.0295. The fraction of sp³-hybridized carbons (Fsp3) is 0.412. The van der Waals surface area contributed by atoms with Crippen LogP contribution in [0, 0.1) is 45.6 Å². The molecule has 1 heterocycles. The SMILES string of the molecule is O=C1[C@@H]2[C@H]3C=C[C@@H]([C@@H]4C[C@H]34)[C@H]2C(=O)N1c1ccc(Cl)cc1[N+](=O)[O-]. The molecule has 1 aromatic rings. The smallest absolute Gasteiger partial charge is 0.274 e. The first-order valence-corrected chi connectivity index (χ1v) is 8.37. The molecule has 2 amide bonds. The third-order valence-corrected chi connectivity index (χ3v) is 6.27. The lowest BCUT2D eigenvalue weighted by atomic mass is 9.63. The summed E-state index contributed by atoms with van der Waals surface area (Å²) in [6.45, 7) is 0. The highest BCUT2D eigenvalue weighted by Gasteiger charge is 2.67. The number of anilines is 1. The first-order valence-electron chi connectivity index (χ1n) is 7.99. The highest BCUT2D eigenvalue weighted by atomic mass is 35.5. The third-order valence-electron chi connectivity index (χ3n) is 6.04. The van der Waals surface area contributed by atoms with Gasteiger partial charge in [0, 0.05) is 11.1 Å². The number of hydrogen-bond donors (Lipinski definition) is 0. The van der Waals surface area contributed by atoms with E-state index < -0.39 is 4.92 Å². The number of allylic oxidation sites excluding steroid dienone is 2. The summed E-state index contributed by atoms with van der Waals surface area (Å²) in [7, 11) is 0. The Bertz CT molecular complexity index is 815. The number of carbonyl (C=O) groups excluding carboxylic acids is 2. The van der Waals surface area contributed by atoms with Crippen LogP contribution in [0.4, 0.5) is 11.4 Å². The zero-order valence-corrected chi connectivity index (χ0v) is 13.2. The Hall–Kier alpha value is -2.21. The fourth-order valence-electron chi connectivity index (χ4n) is 5.03. The van der Waals surface area contributed by atoms with Gasteiger partial charge >= 0.3 is 0 Å². The predicted molar refractivity (Wildman–Crippen MR) is 85.3 cm³/mol. The number of nitro benzene ring substituents is 1. The third kappa shape index (κ3) is 1.61. The van der Waals surface area contributed by atoms with Gasteiger partial charge in [0.05, 0.1) is 16.8 Å². The minimum Gasteiger partial charge on any atom is -0.274 e. The first kappa shape index (κ1) is 14.2. The van der Waals surface area contributed by atoms with Crippen molar-refractivity contribution in [3.8, 4) is 0 Å². The molecule has 2 bridgehead atoms. The zero-order valence-electron chi connectivity index (χ0n) is 12.5. The molecule has 1 aliphatic heterocycles. The molecule has 5 aliphatic rings. The predicted octanol–water partition coefficient (Wildman–Crippen LogP) is 2.81. The van der Waals surface area contributed by atoms with Crippen molar-refractivity contribution in [3.05, 3.63) is 45.5 Å². The molecule has 0 radical (unpaired) electrons. The molecular formula is C17H13ClN2O4. The number of halogens is 1. The van der Waals surface area contributed by atoms with Gasteiger partial charge in [-0.3, -0.25) is 19.7 Å². The van der Waals surface area contributed by atoms with Gasteiger partial charge in [-0.1, -0.05) is 23.8 Å². The van der Waals surface area contributed by atoms with Crippen LogP contribution in [0.5, 0.6) is 0 Å². The molecule has 0 N–H and O–H groups in total. The molecule has 0 aromatic heterocycles. The Labute approximate surface area is 142 Å². The molecule has 3 fully saturated rings. The van der Waals surface area contributed by atoms with Crippen LogP contribution in [0.3, 0.4) is 0 Å². The molecule has 122 valence electrons. The van der Waals surface area contributed by atoms with Gasteiger partial charge in [0.1, 0.15) is 5.69 Å². The van der Waals surface area contributed by atoms with Crippen molar-refractivity contribution in [1.29, 1.82) is 0 Å². The quantitative estimate of drug-likeness (QED) is 0.357. The first-order chi connectivity index (χ1) is 11.5. The molecule has 24 heavy (non-hydrogen) atoms. The van der Waals surface area contributed by atoms with Crippen molar-refractivity contribution in [2.24, 2.45) is 35.5 Å². The van der Waals surface area contributed by atoms with Gasteiger partial charge in [0.2, 0.25) is 11.8 Å². The molecule has 1 saturated heterocycles. The highest BCUT2D eigenvalue weighted by molar-refractivity contribution is 6.31. The van der Waals surface area contributed by atoms with Gasteiger partial charge in [-0.15, -0.1) is 0 Å². The number of benzene rings is 1. The van der Waals surface area contributed by atoms with Crippen molar-refractivity contribution in [1.82, 2.24) is 0 Å². The monoisotopic (exact) mass is 344 g/mol. The number of hydrogen-bond acceptors (Lipinski definition) is 4. The van der Waals surface area contributed by atoms with E-state index in [-0.39, 0.29) is 51.9 Å². The minimum atomic E-state index is -0.603. The number of nitrogens with zero attached hydrogens (tertiary/aromatic N) is 2. The van der Waals surface area contributed by atoms with Gasteiger partial charge in [-0.05, 0) is 42.2 Å². The zero-order chi connectivity index (χ0) is 16.7. The van der Waals surface area contributed by atoms with Gasteiger partial charge in [0.15, 0.2) is 0 Å². The lowest BCUT2D eigenvalue weighted by molar-refractivity contribution is -0.384. The topological polar surface area (TPSA) is 80.5 Å². The van der Waals surface area contributed by atoms with Gasteiger partial charge in [-0.2, -0.15) is 0 Å². The van der Waals surface area contributed by atoms with Crippen LogP contribution in [0.25, 0.3) is 0 Å². The summed E-state index contributed by atoms with van der Waals surface area (Å²) in [4.78, 5) is 37.7. The Balaban J connectivity index is 1.61. The fourth-order valence-corrected chi connectivity index (χ4v) is 5.19. The second kappa shape index (κ2) is 4.45. The van der Waals surface area contributed by atoms with Crippen LogP contribution in [0.2, 0.25) is 5.02 Å². The van der Waals surface area contributed by atoms with E-state index >= 15 is 0 Å². The molecule has 6 atom stereocenters. The van der Waals surface area contributed by atoms with Gasteiger partial charge < -0.3 is 0 Å². The lowest BCUT2D eigenvalue weighted by Gasteiger charge is -2.37. The van der Waals surface area contributed by atoms with Gasteiger partial charge in [0.25, 0.3) is 5.69 Å². The van der Waals surface area contributed by atoms with E-state index in [9.17, 15) is 19.7 Å². The normalized spacial score (nSPS) is 38.3. The molecule has 2 saturated carbocycles. The second-order valence-electron chi connectivity index (χ2n) is 7.06. The largest absolute Gasteiger partial charge is 0.294 e. The summed E-state index contributed by atoms with van der Waals surface area (Å²) in [5.41, 5.74) is -0.282. The number of imide groups is 1.